The maximum atomic E-state index is 4.33. The van der Waals surface area contributed by atoms with Gasteiger partial charge in [-0.3, -0.25) is 0 Å². The van der Waals surface area contributed by atoms with E-state index >= 15 is 0 Å². The van der Waals surface area contributed by atoms with Gasteiger partial charge in [-0.25, -0.2) is 0 Å². The molecule has 0 saturated heterocycles. The Morgan fingerprint density at radius 3 is 2.41 bits per heavy atom. The van der Waals surface area contributed by atoms with Crippen molar-refractivity contribution in [1.29, 1.82) is 0 Å². The van der Waals surface area contributed by atoms with E-state index in [4.69, 9.17) is 0 Å². The monoisotopic (exact) mass is 232 g/mol. The van der Waals surface area contributed by atoms with E-state index in [2.05, 4.69) is 57.0 Å². The minimum Gasteiger partial charge on any atom is -0.158 e. The van der Waals surface area contributed by atoms with Crippen LogP contribution in [0.4, 0.5) is 0 Å². The molecule has 0 radical (unpaired) electrons. The van der Waals surface area contributed by atoms with Crippen LogP contribution in [0.2, 0.25) is 0 Å². The van der Waals surface area contributed by atoms with Crippen LogP contribution >= 0.6 is 0 Å². The average Bonchev–Trinajstić information content (AvgIpc) is 2.39. The van der Waals surface area contributed by atoms with Gasteiger partial charge in [-0.2, -0.15) is 10.2 Å². The second kappa shape index (κ2) is 5.95. The van der Waals surface area contributed by atoms with Crippen LogP contribution in [0.25, 0.3) is 5.57 Å². The molecule has 0 amide bonds. The summed E-state index contributed by atoms with van der Waals surface area (Å²) in [6, 6.07) is 2.21. The van der Waals surface area contributed by atoms with Gasteiger partial charge in [0.2, 0.25) is 0 Å². The van der Waals surface area contributed by atoms with Crippen LogP contribution in [0, 0.1) is 0 Å². The second-order valence-electron chi connectivity index (χ2n) is 4.76. The number of rotatable bonds is 5. The summed E-state index contributed by atoms with van der Waals surface area (Å²) in [5, 5.41) is 8.50. The van der Waals surface area contributed by atoms with Crippen LogP contribution in [0.5, 0.6) is 0 Å². The first kappa shape index (κ1) is 13.9. The van der Waals surface area contributed by atoms with E-state index in [1.54, 1.807) is 0 Å². The molecule has 0 aliphatic heterocycles. The Labute approximate surface area is 105 Å². The fourth-order valence-corrected chi connectivity index (χ4v) is 2.02. The number of aromatic nitrogens is 2. The van der Waals surface area contributed by atoms with E-state index in [0.717, 1.165) is 25.0 Å². The van der Waals surface area contributed by atoms with Crippen LogP contribution in [-0.2, 0) is 5.41 Å². The fourth-order valence-electron chi connectivity index (χ4n) is 2.02. The molecule has 94 valence electrons. The van der Waals surface area contributed by atoms with Crippen LogP contribution in [0.1, 0.15) is 65.1 Å². The largest absolute Gasteiger partial charge is 0.158 e. The van der Waals surface area contributed by atoms with E-state index < -0.39 is 0 Å². The number of hydrogen-bond donors (Lipinski definition) is 0. The lowest BCUT2D eigenvalue weighted by Gasteiger charge is -2.25. The predicted octanol–water partition coefficient (Wildman–Crippen LogP) is 4.37. The van der Waals surface area contributed by atoms with Crippen molar-refractivity contribution in [1.82, 2.24) is 10.2 Å². The first-order chi connectivity index (χ1) is 8.11. The fraction of sp³-hybridized carbons (Fsp3) is 0.600. The Morgan fingerprint density at radius 2 is 1.94 bits per heavy atom. The summed E-state index contributed by atoms with van der Waals surface area (Å²) < 4.78 is 0. The quantitative estimate of drug-likeness (QED) is 0.753. The summed E-state index contributed by atoms with van der Waals surface area (Å²) in [6.07, 6.45) is 7.26. The molecule has 0 unspecified atom stereocenters. The summed E-state index contributed by atoms with van der Waals surface area (Å²) in [5.41, 5.74) is 3.83. The third-order valence-electron chi connectivity index (χ3n) is 3.93. The molecular formula is C15H24N2. The lowest BCUT2D eigenvalue weighted by atomic mass is 9.80. The standard InChI is InChI=1S/C15H24N2/c1-6-12(7-2)13-10-14(17-16-11-13)15(5,8-3)9-4/h6,10-11H,7-9H2,1-5H3. The highest BCUT2D eigenvalue weighted by molar-refractivity contribution is 5.64. The highest BCUT2D eigenvalue weighted by atomic mass is 15.1. The predicted molar refractivity (Wildman–Crippen MR) is 73.9 cm³/mol. The van der Waals surface area contributed by atoms with Crippen molar-refractivity contribution in [3.8, 4) is 0 Å². The Balaban J connectivity index is 3.17. The lowest BCUT2D eigenvalue weighted by molar-refractivity contribution is 0.421. The molecule has 0 saturated carbocycles. The molecule has 2 nitrogen and oxygen atoms in total. The van der Waals surface area contributed by atoms with Gasteiger partial charge in [0.15, 0.2) is 0 Å². The molecule has 0 aromatic carbocycles. The van der Waals surface area contributed by atoms with Gasteiger partial charge >= 0.3 is 0 Å². The van der Waals surface area contributed by atoms with Crippen LogP contribution < -0.4 is 0 Å². The molecule has 0 N–H and O–H groups in total. The molecule has 0 atom stereocenters. The highest BCUT2D eigenvalue weighted by Crippen LogP contribution is 2.30. The number of hydrogen-bond acceptors (Lipinski definition) is 2. The van der Waals surface area contributed by atoms with Gasteiger partial charge in [0.25, 0.3) is 0 Å². The zero-order valence-electron chi connectivity index (χ0n) is 11.7. The third-order valence-corrected chi connectivity index (χ3v) is 3.93. The van der Waals surface area contributed by atoms with Gasteiger partial charge in [-0.1, -0.05) is 33.8 Å². The Morgan fingerprint density at radius 1 is 1.29 bits per heavy atom. The van der Waals surface area contributed by atoms with E-state index in [1.807, 2.05) is 6.20 Å². The van der Waals surface area contributed by atoms with Crippen LogP contribution in [0.3, 0.4) is 0 Å². The third kappa shape index (κ3) is 2.93. The molecule has 0 spiro atoms. The SMILES string of the molecule is CC=C(CC)c1cnnc(C(C)(CC)CC)c1. The van der Waals surface area contributed by atoms with Gasteiger partial charge in [0, 0.05) is 5.41 Å². The minimum atomic E-state index is 0.148. The molecule has 0 fully saturated rings. The van der Waals surface area contributed by atoms with Crippen molar-refractivity contribution < 1.29 is 0 Å². The lowest BCUT2D eigenvalue weighted by Crippen LogP contribution is -2.21. The van der Waals surface area contributed by atoms with Gasteiger partial charge in [-0.15, -0.1) is 0 Å². The molecule has 2 heteroatoms. The molecule has 0 aliphatic rings. The van der Waals surface area contributed by atoms with Crippen molar-refractivity contribution in [3.05, 3.63) is 29.6 Å². The molecule has 1 aromatic rings. The van der Waals surface area contributed by atoms with Crippen molar-refractivity contribution in [2.75, 3.05) is 0 Å². The number of allylic oxidation sites excluding steroid dienone is 2. The summed E-state index contributed by atoms with van der Waals surface area (Å²) in [5.74, 6) is 0. The number of nitrogens with zero attached hydrogens (tertiary/aromatic N) is 2. The molecule has 1 aromatic heterocycles. The first-order valence-electron chi connectivity index (χ1n) is 6.60. The smallest absolute Gasteiger partial charge is 0.0695 e. The molecular weight excluding hydrogens is 208 g/mol. The normalized spacial score (nSPS) is 12.9. The summed E-state index contributed by atoms with van der Waals surface area (Å²) in [4.78, 5) is 0. The highest BCUT2D eigenvalue weighted by Gasteiger charge is 2.24. The van der Waals surface area contributed by atoms with Crippen LogP contribution in [0.15, 0.2) is 18.3 Å². The van der Waals surface area contributed by atoms with E-state index in [-0.39, 0.29) is 5.41 Å². The maximum Gasteiger partial charge on any atom is 0.0695 e. The maximum absolute atomic E-state index is 4.33. The van der Waals surface area contributed by atoms with Gasteiger partial charge in [0.1, 0.15) is 0 Å². The molecule has 1 heterocycles. The Hall–Kier alpha value is -1.18. The van der Waals surface area contributed by atoms with Crippen molar-refractivity contribution in [3.63, 3.8) is 0 Å². The van der Waals surface area contributed by atoms with Crippen molar-refractivity contribution in [2.45, 2.75) is 59.3 Å². The Bertz CT molecular complexity index is 390. The second-order valence-corrected chi connectivity index (χ2v) is 4.76. The van der Waals surface area contributed by atoms with Crippen LogP contribution in [-0.4, -0.2) is 10.2 Å². The van der Waals surface area contributed by atoms with E-state index in [9.17, 15) is 0 Å². The minimum absolute atomic E-state index is 0.148. The zero-order chi connectivity index (χ0) is 12.9. The average molecular weight is 232 g/mol. The molecule has 1 rings (SSSR count). The summed E-state index contributed by atoms with van der Waals surface area (Å²) >= 11 is 0. The Kier molecular flexibility index (Phi) is 4.86. The van der Waals surface area contributed by atoms with Gasteiger partial charge in [-0.05, 0) is 43.4 Å². The van der Waals surface area contributed by atoms with Crippen molar-refractivity contribution >= 4 is 5.57 Å². The summed E-state index contributed by atoms with van der Waals surface area (Å²) in [6.45, 7) is 11.0. The van der Waals surface area contributed by atoms with E-state index in [1.165, 1.54) is 11.1 Å². The van der Waals surface area contributed by atoms with E-state index in [0.29, 0.717) is 0 Å². The zero-order valence-corrected chi connectivity index (χ0v) is 11.7. The summed E-state index contributed by atoms with van der Waals surface area (Å²) in [7, 11) is 0. The molecule has 0 aliphatic carbocycles. The molecule has 0 bridgehead atoms. The first-order valence-corrected chi connectivity index (χ1v) is 6.60. The topological polar surface area (TPSA) is 25.8 Å². The molecule has 17 heavy (non-hydrogen) atoms. The van der Waals surface area contributed by atoms with Gasteiger partial charge < -0.3 is 0 Å². The van der Waals surface area contributed by atoms with Crippen molar-refractivity contribution in [2.24, 2.45) is 0 Å². The van der Waals surface area contributed by atoms with Gasteiger partial charge in [0.05, 0.1) is 11.9 Å².